The zero-order valence-corrected chi connectivity index (χ0v) is 18.7. The third kappa shape index (κ3) is 6.99. The molecule has 1 aliphatic carbocycles. The molecule has 172 valence electrons. The van der Waals surface area contributed by atoms with Gasteiger partial charge in [-0.25, -0.2) is 0 Å². The Morgan fingerprint density at radius 1 is 1.06 bits per heavy atom. The van der Waals surface area contributed by atoms with Crippen LogP contribution in [0.15, 0.2) is 48.8 Å². The summed E-state index contributed by atoms with van der Waals surface area (Å²) in [6.45, 7) is 0.207. The lowest BCUT2D eigenvalue weighted by atomic mass is 9.81. The molecule has 1 fully saturated rings. The lowest BCUT2D eigenvalue weighted by Crippen LogP contribution is -2.46. The van der Waals surface area contributed by atoms with Gasteiger partial charge in [0.15, 0.2) is 0 Å². The number of hydrogen-bond donors (Lipinski definition) is 3. The van der Waals surface area contributed by atoms with Crippen molar-refractivity contribution in [3.05, 3.63) is 65.5 Å². The van der Waals surface area contributed by atoms with Crippen LogP contribution in [-0.2, 0) is 22.1 Å². The number of carboxylic acids is 1. The number of carboxylic acid groups (broad SMARTS) is 1. The molecule has 3 rings (SSSR count). The predicted molar refractivity (Wildman–Crippen MR) is 119 cm³/mol. The lowest BCUT2D eigenvalue weighted by Gasteiger charge is -2.38. The molecule has 3 N–H and O–H groups in total. The van der Waals surface area contributed by atoms with E-state index in [0.29, 0.717) is 11.1 Å². The molecule has 2 aromatic rings. The monoisotopic (exact) mass is 460 g/mol. The first-order valence-electron chi connectivity index (χ1n) is 10.8. The number of carbonyl (C=O) groups is 2. The molecule has 0 aliphatic heterocycles. The molecule has 0 spiro atoms. The molecule has 8 nitrogen and oxygen atoms in total. The van der Waals surface area contributed by atoms with Gasteiger partial charge in [-0.15, -0.1) is 0 Å². The topological polar surface area (TPSA) is 128 Å². The van der Waals surface area contributed by atoms with Gasteiger partial charge in [0.2, 0.25) is 0 Å². The van der Waals surface area contributed by atoms with Crippen LogP contribution < -0.4 is 0 Å². The Morgan fingerprint density at radius 3 is 2.28 bits per heavy atom. The number of pyridine rings is 1. The third-order valence-corrected chi connectivity index (χ3v) is 6.69. The van der Waals surface area contributed by atoms with Crippen LogP contribution in [0.5, 0.6) is 0 Å². The van der Waals surface area contributed by atoms with Crippen LogP contribution in [0.3, 0.4) is 0 Å². The smallest absolute Gasteiger partial charge is 0.329 e. The van der Waals surface area contributed by atoms with E-state index < -0.39 is 19.6 Å². The lowest BCUT2D eigenvalue weighted by molar-refractivity contribution is -0.138. The normalized spacial score (nSPS) is 15.8. The van der Waals surface area contributed by atoms with Gasteiger partial charge in [-0.1, -0.05) is 43.5 Å². The molecule has 1 aromatic carbocycles. The number of carbonyl (C=O) groups excluding carboxylic acids is 1. The Bertz CT molecular complexity index is 954. The maximum atomic E-state index is 13.5. The van der Waals surface area contributed by atoms with Crippen molar-refractivity contribution in [2.24, 2.45) is 5.92 Å². The second kappa shape index (κ2) is 10.9. The first kappa shape index (κ1) is 24.1. The Hall–Kier alpha value is -2.54. The summed E-state index contributed by atoms with van der Waals surface area (Å²) in [6, 6.07) is 9.62. The van der Waals surface area contributed by atoms with Crippen molar-refractivity contribution in [2.75, 3.05) is 0 Å². The highest BCUT2D eigenvalue weighted by Gasteiger charge is 2.34. The van der Waals surface area contributed by atoms with Crippen molar-refractivity contribution in [2.45, 2.75) is 57.3 Å². The summed E-state index contributed by atoms with van der Waals surface area (Å²) < 4.78 is 11.3. The second-order valence-corrected chi connectivity index (χ2v) is 10.0. The number of rotatable bonds is 9. The summed E-state index contributed by atoms with van der Waals surface area (Å²) in [5.41, 5.74) is 1.67. The number of benzene rings is 1. The van der Waals surface area contributed by atoms with Crippen LogP contribution in [0.2, 0.25) is 0 Å². The molecule has 0 bridgehead atoms. The van der Waals surface area contributed by atoms with Gasteiger partial charge < -0.3 is 19.8 Å². The number of aromatic nitrogens is 1. The first-order valence-corrected chi connectivity index (χ1v) is 12.6. The quantitative estimate of drug-likeness (QED) is 0.485. The fourth-order valence-electron chi connectivity index (χ4n) is 4.41. The van der Waals surface area contributed by atoms with Gasteiger partial charge in [0, 0.05) is 25.0 Å². The molecule has 32 heavy (non-hydrogen) atoms. The standard InChI is InChI=1S/C23H29N2O6P/c26-22(27)13-21(19-5-2-1-3-6-19)25(23(28)20-7-4-12-24-14-20)15-17-8-10-18(11-9-17)16-32(29,30)31/h4,7-12,14,19,21H,1-3,5-6,13,15-16H2,(H,26,27)(H2,29,30,31). The van der Waals surface area contributed by atoms with Crippen LogP contribution >= 0.6 is 7.60 Å². The van der Waals surface area contributed by atoms with Gasteiger partial charge in [-0.3, -0.25) is 19.1 Å². The van der Waals surface area contributed by atoms with Crippen molar-refractivity contribution >= 4 is 19.5 Å². The van der Waals surface area contributed by atoms with Gasteiger partial charge in [0.05, 0.1) is 18.1 Å². The van der Waals surface area contributed by atoms with E-state index in [1.807, 2.05) is 0 Å². The minimum atomic E-state index is -4.17. The fourth-order valence-corrected chi connectivity index (χ4v) is 5.10. The van der Waals surface area contributed by atoms with Crippen molar-refractivity contribution in [3.63, 3.8) is 0 Å². The molecule has 9 heteroatoms. The van der Waals surface area contributed by atoms with Crippen LogP contribution in [0, 0.1) is 5.92 Å². The van der Waals surface area contributed by atoms with Gasteiger partial charge in [0.1, 0.15) is 0 Å². The average molecular weight is 460 g/mol. The van der Waals surface area contributed by atoms with E-state index in [2.05, 4.69) is 4.98 Å². The summed E-state index contributed by atoms with van der Waals surface area (Å²) in [4.78, 5) is 49.2. The van der Waals surface area contributed by atoms with E-state index in [1.165, 1.54) is 6.20 Å². The molecule has 0 radical (unpaired) electrons. The maximum absolute atomic E-state index is 13.5. The maximum Gasteiger partial charge on any atom is 0.329 e. The van der Waals surface area contributed by atoms with Crippen LogP contribution in [0.1, 0.15) is 60.0 Å². The number of amides is 1. The van der Waals surface area contributed by atoms with E-state index in [-0.39, 0.29) is 31.0 Å². The summed E-state index contributed by atoms with van der Waals surface area (Å²) in [7, 11) is -4.17. The zero-order chi connectivity index (χ0) is 23.1. The summed E-state index contributed by atoms with van der Waals surface area (Å²) in [5, 5.41) is 9.60. The molecule has 1 saturated carbocycles. The molecular weight excluding hydrogens is 431 g/mol. The molecule has 1 aliphatic rings. The number of hydrogen-bond acceptors (Lipinski definition) is 4. The fraction of sp³-hybridized carbons (Fsp3) is 0.435. The van der Waals surface area contributed by atoms with Gasteiger partial charge >= 0.3 is 13.6 Å². The Kier molecular flexibility index (Phi) is 8.18. The summed E-state index contributed by atoms with van der Waals surface area (Å²) in [5.74, 6) is -1.11. The largest absolute Gasteiger partial charge is 0.481 e. The van der Waals surface area contributed by atoms with Crippen molar-refractivity contribution in [1.82, 2.24) is 9.88 Å². The van der Waals surface area contributed by atoms with E-state index in [0.717, 1.165) is 37.7 Å². The number of nitrogens with zero attached hydrogens (tertiary/aromatic N) is 2. The van der Waals surface area contributed by atoms with Gasteiger partial charge in [0.25, 0.3) is 5.91 Å². The van der Waals surface area contributed by atoms with Crippen molar-refractivity contribution < 1.29 is 29.0 Å². The van der Waals surface area contributed by atoms with E-state index in [1.54, 1.807) is 47.5 Å². The van der Waals surface area contributed by atoms with E-state index in [9.17, 15) is 29.0 Å². The third-order valence-electron chi connectivity index (χ3n) is 5.91. The number of aliphatic carboxylic acids is 1. The van der Waals surface area contributed by atoms with Crippen LogP contribution in [0.4, 0.5) is 0 Å². The molecule has 1 unspecified atom stereocenters. The van der Waals surface area contributed by atoms with E-state index >= 15 is 0 Å². The minimum absolute atomic E-state index is 0.106. The van der Waals surface area contributed by atoms with Crippen molar-refractivity contribution in [3.8, 4) is 0 Å². The SMILES string of the molecule is O=C(O)CC(C1CCCCC1)N(Cc1ccc(CP(=O)(O)O)cc1)C(=O)c1cccnc1. The molecule has 1 amide bonds. The van der Waals surface area contributed by atoms with Crippen molar-refractivity contribution in [1.29, 1.82) is 0 Å². The first-order chi connectivity index (χ1) is 15.2. The van der Waals surface area contributed by atoms with Crippen LogP contribution in [0.25, 0.3) is 0 Å². The molecule has 1 aromatic heterocycles. The Morgan fingerprint density at radius 2 is 1.72 bits per heavy atom. The summed E-state index contributed by atoms with van der Waals surface area (Å²) >= 11 is 0. The molecule has 1 atom stereocenters. The highest BCUT2D eigenvalue weighted by molar-refractivity contribution is 7.50. The van der Waals surface area contributed by atoms with Crippen LogP contribution in [-0.4, -0.2) is 42.7 Å². The molecular formula is C23H29N2O6P. The summed E-state index contributed by atoms with van der Waals surface area (Å²) in [6.07, 6.45) is 7.51. The Balaban J connectivity index is 1.91. The van der Waals surface area contributed by atoms with Gasteiger partial charge in [-0.05, 0) is 42.0 Å². The highest BCUT2D eigenvalue weighted by Crippen LogP contribution is 2.39. The average Bonchev–Trinajstić information content (AvgIpc) is 2.77. The predicted octanol–water partition coefficient (Wildman–Crippen LogP) is 3.83. The van der Waals surface area contributed by atoms with E-state index in [4.69, 9.17) is 0 Å². The zero-order valence-electron chi connectivity index (χ0n) is 17.8. The molecule has 0 saturated heterocycles. The Labute approximate surface area is 187 Å². The molecule has 1 heterocycles. The minimum Gasteiger partial charge on any atom is -0.481 e. The van der Waals surface area contributed by atoms with Gasteiger partial charge in [-0.2, -0.15) is 0 Å². The second-order valence-electron chi connectivity index (χ2n) is 8.38. The highest BCUT2D eigenvalue weighted by atomic mass is 31.2.